The highest BCUT2D eigenvalue weighted by Gasteiger charge is 2.42. The lowest BCUT2D eigenvalue weighted by Gasteiger charge is -2.29. The number of esters is 1. The highest BCUT2D eigenvalue weighted by molar-refractivity contribution is 5.82. The second-order valence-electron chi connectivity index (χ2n) is 3.59. The molecule has 3 N–H and O–H groups in total. The van der Waals surface area contributed by atoms with E-state index in [-0.39, 0.29) is 0 Å². The van der Waals surface area contributed by atoms with E-state index in [1.54, 1.807) is 6.20 Å². The Kier molecular flexibility index (Phi) is 2.03. The quantitative estimate of drug-likeness (QED) is 0.621. The van der Waals surface area contributed by atoms with Gasteiger partial charge in [0.05, 0.1) is 19.0 Å². The lowest BCUT2D eigenvalue weighted by molar-refractivity contribution is -0.148. The molecule has 0 fully saturated rings. The molecule has 0 aliphatic heterocycles. The van der Waals surface area contributed by atoms with Gasteiger partial charge in [-0.3, -0.25) is 5.10 Å². The van der Waals surface area contributed by atoms with Crippen molar-refractivity contribution in [3.05, 3.63) is 17.5 Å². The van der Waals surface area contributed by atoms with Crippen LogP contribution in [0.2, 0.25) is 0 Å². The number of nitrogens with one attached hydrogen (secondary N) is 1. The van der Waals surface area contributed by atoms with Crippen molar-refractivity contribution >= 4 is 5.97 Å². The van der Waals surface area contributed by atoms with E-state index in [9.17, 15) is 4.79 Å². The lowest BCUT2D eigenvalue weighted by Crippen LogP contribution is -2.48. The maximum Gasteiger partial charge on any atom is 0.332 e. The molecule has 76 valence electrons. The average molecular weight is 195 g/mol. The van der Waals surface area contributed by atoms with E-state index >= 15 is 0 Å². The predicted octanol–water partition coefficient (Wildman–Crippen LogP) is 0.0730. The number of fused-ring (bicyclic) bond motifs is 1. The molecule has 1 aromatic heterocycles. The zero-order valence-electron chi connectivity index (χ0n) is 8.04. The first-order chi connectivity index (χ1) is 6.68. The number of carbonyl (C=O) groups excluding carboxylic acids is 1. The van der Waals surface area contributed by atoms with Crippen LogP contribution >= 0.6 is 0 Å². The summed E-state index contributed by atoms with van der Waals surface area (Å²) in [5.41, 5.74) is 6.72. The standard InChI is InChI=1S/C9H13N3O2/c1-14-8(13)9(10)4-2-3-6-5-11-12-7(6)9/h5H,2-4,10H2,1H3,(H,11,12). The molecule has 0 amide bonds. The molecular formula is C9H13N3O2. The number of hydrogen-bond acceptors (Lipinski definition) is 4. The zero-order valence-corrected chi connectivity index (χ0v) is 8.04. The zero-order chi connectivity index (χ0) is 10.2. The number of H-pyrrole nitrogens is 1. The number of nitrogens with zero attached hydrogens (tertiary/aromatic N) is 1. The Balaban J connectivity index is 2.44. The lowest BCUT2D eigenvalue weighted by atomic mass is 9.82. The molecule has 14 heavy (non-hydrogen) atoms. The molecule has 1 heterocycles. The number of aromatic amines is 1. The number of hydrogen-bond donors (Lipinski definition) is 2. The molecular weight excluding hydrogens is 182 g/mol. The van der Waals surface area contributed by atoms with Crippen molar-refractivity contribution in [1.82, 2.24) is 10.2 Å². The van der Waals surface area contributed by atoms with Crippen LogP contribution < -0.4 is 5.73 Å². The number of ether oxygens (including phenoxy) is 1. The fourth-order valence-corrected chi connectivity index (χ4v) is 1.96. The topological polar surface area (TPSA) is 81.0 Å². The van der Waals surface area contributed by atoms with E-state index in [1.165, 1.54) is 7.11 Å². The molecule has 5 heteroatoms. The molecule has 1 atom stereocenters. The third-order valence-electron chi connectivity index (χ3n) is 2.73. The van der Waals surface area contributed by atoms with Crippen molar-refractivity contribution in [2.24, 2.45) is 5.73 Å². The summed E-state index contributed by atoms with van der Waals surface area (Å²) in [7, 11) is 1.35. The minimum Gasteiger partial charge on any atom is -0.467 e. The van der Waals surface area contributed by atoms with Crippen molar-refractivity contribution in [1.29, 1.82) is 0 Å². The maximum absolute atomic E-state index is 11.6. The van der Waals surface area contributed by atoms with Gasteiger partial charge in [0, 0.05) is 0 Å². The highest BCUT2D eigenvalue weighted by Crippen LogP contribution is 2.32. The van der Waals surface area contributed by atoms with Crippen LogP contribution in [0, 0.1) is 0 Å². The normalized spacial score (nSPS) is 25.6. The van der Waals surface area contributed by atoms with Crippen LogP contribution in [0.1, 0.15) is 24.1 Å². The number of nitrogens with two attached hydrogens (primary N) is 1. The van der Waals surface area contributed by atoms with E-state index in [2.05, 4.69) is 10.2 Å². The van der Waals surface area contributed by atoms with Gasteiger partial charge < -0.3 is 10.5 Å². The summed E-state index contributed by atoms with van der Waals surface area (Å²) in [6.07, 6.45) is 4.13. The molecule has 1 aliphatic rings. The Labute approximate surface area is 81.6 Å². The molecule has 2 rings (SSSR count). The van der Waals surface area contributed by atoms with Crippen LogP contribution in [0.5, 0.6) is 0 Å². The molecule has 0 saturated carbocycles. The van der Waals surface area contributed by atoms with E-state index in [4.69, 9.17) is 10.5 Å². The fourth-order valence-electron chi connectivity index (χ4n) is 1.96. The van der Waals surface area contributed by atoms with Crippen molar-refractivity contribution < 1.29 is 9.53 Å². The van der Waals surface area contributed by atoms with E-state index in [0.29, 0.717) is 12.1 Å². The summed E-state index contributed by atoms with van der Waals surface area (Å²) in [5, 5.41) is 6.69. The molecule has 5 nitrogen and oxygen atoms in total. The van der Waals surface area contributed by atoms with Gasteiger partial charge in [0.2, 0.25) is 0 Å². The van der Waals surface area contributed by atoms with Gasteiger partial charge in [-0.15, -0.1) is 0 Å². The van der Waals surface area contributed by atoms with Crippen LogP contribution in [0.3, 0.4) is 0 Å². The third kappa shape index (κ3) is 1.13. The van der Waals surface area contributed by atoms with Crippen LogP contribution in [-0.2, 0) is 21.5 Å². The van der Waals surface area contributed by atoms with Crippen molar-refractivity contribution in [2.45, 2.75) is 24.8 Å². The Bertz CT molecular complexity index is 361. The van der Waals surface area contributed by atoms with Crippen molar-refractivity contribution in [3.63, 3.8) is 0 Å². The van der Waals surface area contributed by atoms with Crippen LogP contribution in [0.25, 0.3) is 0 Å². The molecule has 0 aromatic carbocycles. The molecule has 0 spiro atoms. The van der Waals surface area contributed by atoms with E-state index in [0.717, 1.165) is 18.4 Å². The van der Waals surface area contributed by atoms with Gasteiger partial charge in [-0.1, -0.05) is 0 Å². The number of methoxy groups -OCH3 is 1. The Hall–Kier alpha value is -1.36. The largest absolute Gasteiger partial charge is 0.467 e. The monoisotopic (exact) mass is 195 g/mol. The molecule has 0 bridgehead atoms. The van der Waals surface area contributed by atoms with Crippen LogP contribution in [0.15, 0.2) is 6.20 Å². The van der Waals surface area contributed by atoms with Gasteiger partial charge in [-0.2, -0.15) is 5.10 Å². The van der Waals surface area contributed by atoms with Crippen LogP contribution in [0.4, 0.5) is 0 Å². The number of aromatic nitrogens is 2. The summed E-state index contributed by atoms with van der Waals surface area (Å²) in [6, 6.07) is 0. The van der Waals surface area contributed by atoms with Crippen molar-refractivity contribution in [3.8, 4) is 0 Å². The van der Waals surface area contributed by atoms with Gasteiger partial charge >= 0.3 is 5.97 Å². The molecule has 1 unspecified atom stereocenters. The SMILES string of the molecule is COC(=O)C1(N)CCCc2cn[nH]c21. The second-order valence-corrected chi connectivity index (χ2v) is 3.59. The van der Waals surface area contributed by atoms with E-state index < -0.39 is 11.5 Å². The van der Waals surface area contributed by atoms with Gasteiger partial charge in [0.1, 0.15) is 0 Å². The van der Waals surface area contributed by atoms with Gasteiger partial charge in [0.25, 0.3) is 0 Å². The molecule has 0 radical (unpaired) electrons. The molecule has 0 saturated heterocycles. The maximum atomic E-state index is 11.6. The highest BCUT2D eigenvalue weighted by atomic mass is 16.5. The summed E-state index contributed by atoms with van der Waals surface area (Å²) < 4.78 is 4.71. The Morgan fingerprint density at radius 2 is 2.57 bits per heavy atom. The summed E-state index contributed by atoms with van der Waals surface area (Å²) >= 11 is 0. The summed E-state index contributed by atoms with van der Waals surface area (Å²) in [5.74, 6) is -0.400. The van der Waals surface area contributed by atoms with Gasteiger partial charge in [0.15, 0.2) is 5.54 Å². The van der Waals surface area contributed by atoms with Crippen LogP contribution in [-0.4, -0.2) is 23.3 Å². The first-order valence-corrected chi connectivity index (χ1v) is 4.58. The average Bonchev–Trinajstić information content (AvgIpc) is 2.66. The number of rotatable bonds is 1. The molecule has 1 aromatic rings. The Morgan fingerprint density at radius 3 is 3.29 bits per heavy atom. The number of carbonyl (C=O) groups is 1. The van der Waals surface area contributed by atoms with E-state index in [1.807, 2.05) is 0 Å². The summed E-state index contributed by atoms with van der Waals surface area (Å²) in [4.78, 5) is 11.6. The first kappa shape index (κ1) is 9.21. The first-order valence-electron chi connectivity index (χ1n) is 4.58. The van der Waals surface area contributed by atoms with Crippen molar-refractivity contribution in [2.75, 3.05) is 7.11 Å². The third-order valence-corrected chi connectivity index (χ3v) is 2.73. The summed E-state index contributed by atoms with van der Waals surface area (Å²) in [6.45, 7) is 0. The predicted molar refractivity (Wildman–Crippen MR) is 49.4 cm³/mol. The Morgan fingerprint density at radius 1 is 1.79 bits per heavy atom. The fraction of sp³-hybridized carbons (Fsp3) is 0.556. The van der Waals surface area contributed by atoms with Gasteiger partial charge in [-0.25, -0.2) is 4.79 Å². The smallest absolute Gasteiger partial charge is 0.332 e. The minimum atomic E-state index is -1.03. The number of aryl methyl sites for hydroxylation is 1. The second kappa shape index (κ2) is 3.09. The molecule has 1 aliphatic carbocycles. The minimum absolute atomic E-state index is 0.400. The van der Waals surface area contributed by atoms with Gasteiger partial charge in [-0.05, 0) is 24.8 Å².